The Bertz CT molecular complexity index is 229. The van der Waals surface area contributed by atoms with Crippen LogP contribution < -0.4 is 0 Å². The smallest absolute Gasteiger partial charge is 0.0334 e. The molecule has 3 heteroatoms. The van der Waals surface area contributed by atoms with Gasteiger partial charge in [-0.3, -0.25) is 0 Å². The molecular weight excluding hydrogens is 211 g/mol. The van der Waals surface area contributed by atoms with Crippen molar-refractivity contribution in [2.45, 2.75) is 0 Å². The Balaban J connectivity index is 3.75. The molecule has 0 fully saturated rings. The summed E-state index contributed by atoms with van der Waals surface area (Å²) < 4.78 is 0. The summed E-state index contributed by atoms with van der Waals surface area (Å²) in [5, 5.41) is 1.10. The molecule has 12 heavy (non-hydrogen) atoms. The van der Waals surface area contributed by atoms with Crippen LogP contribution in [0, 0.1) is 0 Å². The molecule has 0 aliphatic carbocycles. The molecule has 0 rings (SSSR count). The minimum atomic E-state index is 0.487. The lowest BCUT2D eigenvalue weighted by Crippen LogP contribution is -1.75. The highest BCUT2D eigenvalue weighted by Gasteiger charge is 1.91. The largest absolute Gasteiger partial charge is 0.121 e. The summed E-state index contributed by atoms with van der Waals surface area (Å²) in [6, 6.07) is 0. The summed E-state index contributed by atoms with van der Waals surface area (Å²) in [5.41, 5.74) is 0. The molecule has 0 atom stereocenters. The summed E-state index contributed by atoms with van der Waals surface area (Å²) in [6.45, 7) is 10.8. The van der Waals surface area contributed by atoms with Crippen molar-refractivity contribution in [2.24, 2.45) is 0 Å². The Morgan fingerprint density at radius 1 is 1.17 bits per heavy atom. The van der Waals surface area contributed by atoms with Crippen molar-refractivity contribution in [3.63, 3.8) is 0 Å². The van der Waals surface area contributed by atoms with Crippen molar-refractivity contribution in [2.75, 3.05) is 5.75 Å². The van der Waals surface area contributed by atoms with Gasteiger partial charge in [-0.15, -0.1) is 11.8 Å². The van der Waals surface area contributed by atoms with Gasteiger partial charge >= 0.3 is 0 Å². The highest BCUT2D eigenvalue weighted by Crippen LogP contribution is 2.19. The fraction of sp³-hybridized carbons (Fsp3) is 0.111. The Kier molecular flexibility index (Phi) is 6.35. The molecule has 0 saturated carbocycles. The molecule has 0 aliphatic rings. The number of thioether (sulfide) groups is 1. The van der Waals surface area contributed by atoms with Gasteiger partial charge < -0.3 is 0 Å². The molecule has 0 radical (unpaired) electrons. The summed E-state index contributed by atoms with van der Waals surface area (Å²) in [4.78, 5) is 0.888. The van der Waals surface area contributed by atoms with Crippen LogP contribution in [-0.4, -0.2) is 5.75 Å². The van der Waals surface area contributed by atoms with Crippen LogP contribution in [0.25, 0.3) is 0 Å². The van der Waals surface area contributed by atoms with Crippen molar-refractivity contribution >= 4 is 35.0 Å². The maximum atomic E-state index is 5.56. The monoisotopic (exact) mass is 220 g/mol. The lowest BCUT2D eigenvalue weighted by molar-refractivity contribution is 1.73. The van der Waals surface area contributed by atoms with Crippen LogP contribution in [-0.2, 0) is 0 Å². The second kappa shape index (κ2) is 6.41. The first-order chi connectivity index (χ1) is 5.52. The highest BCUT2D eigenvalue weighted by atomic mass is 35.5. The van der Waals surface area contributed by atoms with Crippen LogP contribution in [0.15, 0.2) is 46.9 Å². The molecule has 66 valence electrons. The zero-order valence-electron chi connectivity index (χ0n) is 6.65. The summed E-state index contributed by atoms with van der Waals surface area (Å²) >= 11 is 12.6. The first kappa shape index (κ1) is 11.9. The number of allylic oxidation sites excluding steroid dienone is 3. The molecule has 0 aromatic carbocycles. The predicted molar refractivity (Wildman–Crippen MR) is 60.7 cm³/mol. The van der Waals surface area contributed by atoms with Crippen molar-refractivity contribution in [1.29, 1.82) is 0 Å². The molecule has 0 bridgehead atoms. The molecular formula is C9H10Cl2S. The fourth-order valence-corrected chi connectivity index (χ4v) is 1.14. The third-order valence-electron chi connectivity index (χ3n) is 0.864. The molecule has 0 nitrogen and oxygen atoms in total. The van der Waals surface area contributed by atoms with Gasteiger partial charge in [-0.2, -0.15) is 0 Å². The first-order valence-electron chi connectivity index (χ1n) is 3.20. The summed E-state index contributed by atoms with van der Waals surface area (Å²) in [6.07, 6.45) is 3.48. The van der Waals surface area contributed by atoms with E-state index in [1.165, 1.54) is 11.8 Å². The van der Waals surface area contributed by atoms with Gasteiger partial charge in [0.15, 0.2) is 0 Å². The maximum Gasteiger partial charge on any atom is 0.0334 e. The quantitative estimate of drug-likeness (QED) is 0.624. The Labute approximate surface area is 87.6 Å². The zero-order chi connectivity index (χ0) is 9.56. The van der Waals surface area contributed by atoms with E-state index in [0.717, 1.165) is 4.91 Å². The maximum absolute atomic E-state index is 5.56. The minimum absolute atomic E-state index is 0.487. The van der Waals surface area contributed by atoms with E-state index in [1.807, 2.05) is 0 Å². The molecule has 0 N–H and O–H groups in total. The Morgan fingerprint density at radius 3 is 2.17 bits per heavy atom. The standard InChI is InChI=1S/C9H10Cl2S/c1-7(10)4-5-9(3)12-6-8(2)11/h4-5H,1-3,6H2/b5-4-. The minimum Gasteiger partial charge on any atom is -0.121 e. The summed E-state index contributed by atoms with van der Waals surface area (Å²) in [7, 11) is 0. The van der Waals surface area contributed by atoms with E-state index in [0.29, 0.717) is 15.8 Å². The van der Waals surface area contributed by atoms with E-state index < -0.39 is 0 Å². The average Bonchev–Trinajstić information content (AvgIpc) is 1.96. The first-order valence-corrected chi connectivity index (χ1v) is 4.94. The van der Waals surface area contributed by atoms with Gasteiger partial charge in [0.1, 0.15) is 0 Å². The molecule has 0 saturated heterocycles. The van der Waals surface area contributed by atoms with E-state index in [1.54, 1.807) is 12.2 Å². The van der Waals surface area contributed by atoms with E-state index >= 15 is 0 Å². The number of hydrogen-bond donors (Lipinski definition) is 0. The lowest BCUT2D eigenvalue weighted by atomic mass is 10.5. The average molecular weight is 221 g/mol. The Morgan fingerprint density at radius 2 is 1.75 bits per heavy atom. The van der Waals surface area contributed by atoms with E-state index in [-0.39, 0.29) is 0 Å². The molecule has 0 spiro atoms. The third-order valence-corrected chi connectivity index (χ3v) is 2.28. The summed E-state index contributed by atoms with van der Waals surface area (Å²) in [5.74, 6) is 0.666. The molecule has 0 aromatic heterocycles. The molecule has 0 heterocycles. The zero-order valence-corrected chi connectivity index (χ0v) is 8.98. The van der Waals surface area contributed by atoms with Crippen LogP contribution in [0.1, 0.15) is 0 Å². The predicted octanol–water partition coefficient (Wildman–Crippen LogP) is 4.29. The van der Waals surface area contributed by atoms with Gasteiger partial charge in [0.2, 0.25) is 0 Å². The molecule has 0 unspecified atom stereocenters. The molecule has 0 amide bonds. The van der Waals surface area contributed by atoms with Crippen molar-refractivity contribution < 1.29 is 0 Å². The topological polar surface area (TPSA) is 0 Å². The number of hydrogen-bond acceptors (Lipinski definition) is 1. The van der Waals surface area contributed by atoms with Gasteiger partial charge in [0.25, 0.3) is 0 Å². The highest BCUT2D eigenvalue weighted by molar-refractivity contribution is 8.03. The van der Waals surface area contributed by atoms with E-state index in [2.05, 4.69) is 19.7 Å². The number of rotatable bonds is 5. The van der Waals surface area contributed by atoms with Gasteiger partial charge in [-0.1, -0.05) is 42.9 Å². The van der Waals surface area contributed by atoms with E-state index in [4.69, 9.17) is 23.2 Å². The van der Waals surface area contributed by atoms with Crippen LogP contribution >= 0.6 is 35.0 Å². The Hall–Kier alpha value is -0.110. The second-order valence-corrected chi connectivity index (χ2v) is 4.17. The number of halogens is 2. The SMILES string of the molecule is C=C(Cl)/C=C\C(=C)SCC(=C)Cl. The second-order valence-electron chi connectivity index (χ2n) is 2.05. The van der Waals surface area contributed by atoms with Crippen molar-refractivity contribution in [1.82, 2.24) is 0 Å². The lowest BCUT2D eigenvalue weighted by Gasteiger charge is -1.97. The normalized spacial score (nSPS) is 10.2. The molecule has 0 aliphatic heterocycles. The van der Waals surface area contributed by atoms with Crippen LogP contribution in [0.4, 0.5) is 0 Å². The molecule has 0 aromatic rings. The van der Waals surface area contributed by atoms with Crippen molar-refractivity contribution in [3.8, 4) is 0 Å². The van der Waals surface area contributed by atoms with Gasteiger partial charge in [0, 0.05) is 20.7 Å². The van der Waals surface area contributed by atoms with Crippen molar-refractivity contribution in [3.05, 3.63) is 46.9 Å². The van der Waals surface area contributed by atoms with Gasteiger partial charge in [0.05, 0.1) is 0 Å². The van der Waals surface area contributed by atoms with Crippen LogP contribution in [0.3, 0.4) is 0 Å². The van der Waals surface area contributed by atoms with E-state index in [9.17, 15) is 0 Å². The van der Waals surface area contributed by atoms with Crippen LogP contribution in [0.5, 0.6) is 0 Å². The van der Waals surface area contributed by atoms with Gasteiger partial charge in [-0.05, 0) is 12.2 Å². The third kappa shape index (κ3) is 7.99. The van der Waals surface area contributed by atoms with Crippen LogP contribution in [0.2, 0.25) is 0 Å². The van der Waals surface area contributed by atoms with Gasteiger partial charge in [-0.25, -0.2) is 0 Å². The fourth-order valence-electron chi connectivity index (χ4n) is 0.402.